The number of nitrogens with one attached hydrogen (secondary N) is 1. The van der Waals surface area contributed by atoms with Crippen molar-refractivity contribution in [3.63, 3.8) is 0 Å². The van der Waals surface area contributed by atoms with Crippen LogP contribution in [-0.4, -0.2) is 11.7 Å². The van der Waals surface area contributed by atoms with Gasteiger partial charge in [-0.3, -0.25) is 0 Å². The summed E-state index contributed by atoms with van der Waals surface area (Å²) in [6.45, 7) is 3.69. The van der Waals surface area contributed by atoms with E-state index in [0.29, 0.717) is 0 Å². The minimum atomic E-state index is 0.784. The third-order valence-corrected chi connectivity index (χ3v) is 2.64. The molecule has 0 atom stereocenters. The molecule has 0 aliphatic carbocycles. The van der Waals surface area contributed by atoms with Crippen molar-refractivity contribution in [3.05, 3.63) is 53.4 Å². The molecule has 17 heavy (non-hydrogen) atoms. The Morgan fingerprint density at radius 3 is 2.76 bits per heavy atom. The van der Waals surface area contributed by atoms with Crippen LogP contribution >= 0.6 is 0 Å². The number of nitrogens with zero attached hydrogens (tertiary/aromatic N) is 1. The first-order valence-electron chi connectivity index (χ1n) is 6.01. The van der Waals surface area contributed by atoms with E-state index < -0.39 is 0 Å². The summed E-state index contributed by atoms with van der Waals surface area (Å²) in [5.74, 6) is 0.867. The molecule has 0 unspecified atom stereocenters. The molecule has 0 saturated carbocycles. The molecule has 2 aromatic rings. The number of rotatable bonds is 6. The molecular formula is C14H18N2O. The summed E-state index contributed by atoms with van der Waals surface area (Å²) in [7, 11) is 0. The van der Waals surface area contributed by atoms with Gasteiger partial charge < -0.3 is 9.84 Å². The lowest BCUT2D eigenvalue weighted by Gasteiger charge is -2.02. The van der Waals surface area contributed by atoms with E-state index in [9.17, 15) is 0 Å². The highest BCUT2D eigenvalue weighted by Gasteiger charge is 1.98. The molecule has 3 nitrogen and oxygen atoms in total. The zero-order valence-corrected chi connectivity index (χ0v) is 10.1. The highest BCUT2D eigenvalue weighted by Crippen LogP contribution is 2.03. The van der Waals surface area contributed by atoms with Crippen molar-refractivity contribution in [2.75, 3.05) is 6.54 Å². The van der Waals surface area contributed by atoms with Crippen LogP contribution in [-0.2, 0) is 13.0 Å². The number of hydrogen-bond donors (Lipinski definition) is 1. The van der Waals surface area contributed by atoms with Gasteiger partial charge in [-0.1, -0.05) is 35.5 Å². The van der Waals surface area contributed by atoms with Gasteiger partial charge in [0.2, 0.25) is 0 Å². The summed E-state index contributed by atoms with van der Waals surface area (Å²) in [6.07, 6.45) is 2.26. The van der Waals surface area contributed by atoms with E-state index >= 15 is 0 Å². The van der Waals surface area contributed by atoms with Crippen LogP contribution in [0.3, 0.4) is 0 Å². The fraction of sp³-hybridized carbons (Fsp3) is 0.357. The first kappa shape index (κ1) is 11.9. The second-order valence-corrected chi connectivity index (χ2v) is 4.19. The van der Waals surface area contributed by atoms with Gasteiger partial charge in [0.15, 0.2) is 0 Å². The molecule has 0 aliphatic rings. The van der Waals surface area contributed by atoms with Gasteiger partial charge in [0.25, 0.3) is 0 Å². The van der Waals surface area contributed by atoms with Gasteiger partial charge in [-0.15, -0.1) is 0 Å². The molecule has 2 rings (SSSR count). The van der Waals surface area contributed by atoms with Crippen LogP contribution in [0.1, 0.15) is 23.4 Å². The van der Waals surface area contributed by atoms with Crippen LogP contribution in [0.5, 0.6) is 0 Å². The molecule has 0 saturated heterocycles. The molecule has 0 spiro atoms. The molecule has 1 aromatic carbocycles. The molecule has 1 heterocycles. The summed E-state index contributed by atoms with van der Waals surface area (Å²) >= 11 is 0. The van der Waals surface area contributed by atoms with E-state index in [0.717, 1.165) is 37.4 Å². The van der Waals surface area contributed by atoms with Crippen molar-refractivity contribution in [2.45, 2.75) is 26.3 Å². The Bertz CT molecular complexity index is 436. The molecule has 0 fully saturated rings. The molecule has 1 aromatic heterocycles. The van der Waals surface area contributed by atoms with E-state index in [1.54, 1.807) is 0 Å². The zero-order valence-electron chi connectivity index (χ0n) is 10.1. The Morgan fingerprint density at radius 1 is 1.24 bits per heavy atom. The highest BCUT2D eigenvalue weighted by atomic mass is 16.5. The molecule has 0 aliphatic heterocycles. The first-order chi connectivity index (χ1) is 8.34. The SMILES string of the molecule is Cc1cc(CNCCCc2ccccc2)no1. The topological polar surface area (TPSA) is 38.1 Å². The number of benzene rings is 1. The standard InChI is InChI=1S/C14H18N2O/c1-12-10-14(16-17-12)11-15-9-5-8-13-6-3-2-4-7-13/h2-4,6-7,10,15H,5,8-9,11H2,1H3. The van der Waals surface area contributed by atoms with Gasteiger partial charge in [0, 0.05) is 12.6 Å². The number of hydrogen-bond acceptors (Lipinski definition) is 3. The maximum Gasteiger partial charge on any atom is 0.133 e. The Balaban J connectivity index is 1.61. The average Bonchev–Trinajstić information content (AvgIpc) is 2.76. The van der Waals surface area contributed by atoms with Gasteiger partial charge in [0.1, 0.15) is 5.76 Å². The summed E-state index contributed by atoms with van der Waals surface area (Å²) in [5.41, 5.74) is 2.37. The molecule has 1 N–H and O–H groups in total. The minimum Gasteiger partial charge on any atom is -0.361 e. The third-order valence-electron chi connectivity index (χ3n) is 2.64. The Kier molecular flexibility index (Phi) is 4.33. The summed E-state index contributed by atoms with van der Waals surface area (Å²) in [4.78, 5) is 0. The van der Waals surface area contributed by atoms with Gasteiger partial charge in [-0.05, 0) is 31.9 Å². The molecule has 3 heteroatoms. The predicted molar refractivity (Wildman–Crippen MR) is 67.7 cm³/mol. The number of aromatic nitrogens is 1. The first-order valence-corrected chi connectivity index (χ1v) is 6.01. The lowest BCUT2D eigenvalue weighted by atomic mass is 10.1. The fourth-order valence-electron chi connectivity index (χ4n) is 1.78. The van der Waals surface area contributed by atoms with Crippen LogP contribution in [0, 0.1) is 6.92 Å². The normalized spacial score (nSPS) is 10.6. The Labute approximate surface area is 102 Å². The van der Waals surface area contributed by atoms with Crippen molar-refractivity contribution < 1.29 is 4.52 Å². The quantitative estimate of drug-likeness (QED) is 0.775. The Hall–Kier alpha value is -1.61. The van der Waals surface area contributed by atoms with E-state index in [1.807, 2.05) is 13.0 Å². The van der Waals surface area contributed by atoms with Gasteiger partial charge in [0.05, 0.1) is 5.69 Å². The summed E-state index contributed by atoms with van der Waals surface area (Å²) in [6, 6.07) is 12.5. The third kappa shape index (κ3) is 4.04. The Morgan fingerprint density at radius 2 is 2.06 bits per heavy atom. The van der Waals surface area contributed by atoms with Crippen molar-refractivity contribution in [2.24, 2.45) is 0 Å². The lowest BCUT2D eigenvalue weighted by molar-refractivity contribution is 0.388. The molecule has 90 valence electrons. The molecule has 0 radical (unpaired) electrons. The van der Waals surface area contributed by atoms with Crippen molar-refractivity contribution >= 4 is 0 Å². The molecule has 0 amide bonds. The van der Waals surface area contributed by atoms with Gasteiger partial charge >= 0.3 is 0 Å². The highest BCUT2D eigenvalue weighted by molar-refractivity contribution is 5.14. The van der Waals surface area contributed by atoms with Crippen LogP contribution in [0.4, 0.5) is 0 Å². The minimum absolute atomic E-state index is 0.784. The lowest BCUT2D eigenvalue weighted by Crippen LogP contribution is -2.15. The maximum atomic E-state index is 5.00. The van der Waals surface area contributed by atoms with Crippen LogP contribution in [0.25, 0.3) is 0 Å². The molecular weight excluding hydrogens is 212 g/mol. The fourth-order valence-corrected chi connectivity index (χ4v) is 1.78. The van der Waals surface area contributed by atoms with Crippen molar-refractivity contribution in [1.29, 1.82) is 0 Å². The maximum absolute atomic E-state index is 5.00. The van der Waals surface area contributed by atoms with Crippen LogP contribution in [0.2, 0.25) is 0 Å². The smallest absolute Gasteiger partial charge is 0.133 e. The summed E-state index contributed by atoms with van der Waals surface area (Å²) in [5, 5.41) is 7.30. The van der Waals surface area contributed by atoms with E-state index in [2.05, 4.69) is 40.8 Å². The second-order valence-electron chi connectivity index (χ2n) is 4.19. The van der Waals surface area contributed by atoms with Gasteiger partial charge in [-0.25, -0.2) is 0 Å². The van der Waals surface area contributed by atoms with Crippen LogP contribution < -0.4 is 5.32 Å². The molecule has 0 bridgehead atoms. The van der Waals surface area contributed by atoms with Crippen LogP contribution in [0.15, 0.2) is 40.9 Å². The largest absolute Gasteiger partial charge is 0.361 e. The van der Waals surface area contributed by atoms with E-state index in [-0.39, 0.29) is 0 Å². The monoisotopic (exact) mass is 230 g/mol. The zero-order chi connectivity index (χ0) is 11.9. The predicted octanol–water partition coefficient (Wildman–Crippen LogP) is 2.71. The average molecular weight is 230 g/mol. The summed E-state index contributed by atoms with van der Waals surface area (Å²) < 4.78 is 5.00. The number of aryl methyl sites for hydroxylation is 2. The van der Waals surface area contributed by atoms with Gasteiger partial charge in [-0.2, -0.15) is 0 Å². The second kappa shape index (κ2) is 6.21. The van der Waals surface area contributed by atoms with Crippen molar-refractivity contribution in [1.82, 2.24) is 10.5 Å². The van der Waals surface area contributed by atoms with E-state index in [4.69, 9.17) is 4.52 Å². The van der Waals surface area contributed by atoms with Crippen molar-refractivity contribution in [3.8, 4) is 0 Å². The van der Waals surface area contributed by atoms with E-state index in [1.165, 1.54) is 5.56 Å².